The zero-order chi connectivity index (χ0) is 30.3. The number of hydrogen-bond acceptors (Lipinski definition) is 5. The van der Waals surface area contributed by atoms with E-state index in [1.807, 2.05) is 0 Å². The molecule has 226 valence electrons. The Bertz CT molecular complexity index is 1410. The van der Waals surface area contributed by atoms with Crippen LogP contribution < -0.4 is 4.74 Å². The summed E-state index contributed by atoms with van der Waals surface area (Å²) in [4.78, 5) is 1.69. The summed E-state index contributed by atoms with van der Waals surface area (Å²) >= 11 is 0. The number of methoxy groups -OCH3 is 2. The molecule has 0 N–H and O–H groups in total. The third-order valence-electron chi connectivity index (χ3n) is 7.96. The molecule has 1 unspecified atom stereocenters. The number of alkyl halides is 6. The Morgan fingerprint density at radius 3 is 2.26 bits per heavy atom. The molecule has 3 aromatic carbocycles. The van der Waals surface area contributed by atoms with E-state index >= 15 is 0 Å². The molecule has 0 amide bonds. The Morgan fingerprint density at radius 2 is 1.62 bits per heavy atom. The fourth-order valence-electron chi connectivity index (χ4n) is 5.88. The first-order valence-corrected chi connectivity index (χ1v) is 13.0. The minimum Gasteiger partial charge on any atom is -0.496 e. The molecular formula is C30H28F7NO4. The molecule has 0 radical (unpaired) electrons. The topological polar surface area (TPSA) is 40.2 Å². The fourth-order valence-corrected chi connectivity index (χ4v) is 5.88. The average Bonchev–Trinajstić information content (AvgIpc) is 3.28. The molecule has 0 saturated carbocycles. The van der Waals surface area contributed by atoms with Crippen LogP contribution in [0.2, 0.25) is 0 Å². The smallest absolute Gasteiger partial charge is 0.416 e. The van der Waals surface area contributed by atoms with E-state index in [9.17, 15) is 30.7 Å². The van der Waals surface area contributed by atoms with Crippen molar-refractivity contribution in [3.8, 4) is 5.75 Å². The number of ether oxygens (including phenoxy) is 4. The Kier molecular flexibility index (Phi) is 8.03. The van der Waals surface area contributed by atoms with Crippen molar-refractivity contribution in [1.82, 2.24) is 4.90 Å². The zero-order valence-electron chi connectivity index (χ0n) is 22.7. The van der Waals surface area contributed by atoms with Gasteiger partial charge in [-0.25, -0.2) is 4.39 Å². The number of rotatable bonds is 6. The van der Waals surface area contributed by atoms with Gasteiger partial charge < -0.3 is 18.9 Å². The van der Waals surface area contributed by atoms with E-state index in [0.717, 1.165) is 18.2 Å². The zero-order valence-corrected chi connectivity index (χ0v) is 22.7. The van der Waals surface area contributed by atoms with Crippen molar-refractivity contribution in [3.63, 3.8) is 0 Å². The highest BCUT2D eigenvalue weighted by Gasteiger charge is 2.57. The van der Waals surface area contributed by atoms with Crippen LogP contribution in [0.25, 0.3) is 0 Å². The predicted octanol–water partition coefficient (Wildman–Crippen LogP) is 7.10. The number of hydrogen-bond donors (Lipinski definition) is 0. The van der Waals surface area contributed by atoms with Gasteiger partial charge in [-0.15, -0.1) is 0 Å². The first-order valence-electron chi connectivity index (χ1n) is 13.0. The van der Waals surface area contributed by atoms with E-state index in [-0.39, 0.29) is 49.7 Å². The number of halogens is 7. The van der Waals surface area contributed by atoms with Gasteiger partial charge in [0.25, 0.3) is 0 Å². The molecule has 42 heavy (non-hydrogen) atoms. The third-order valence-corrected chi connectivity index (χ3v) is 7.96. The lowest BCUT2D eigenvalue weighted by molar-refractivity contribution is -0.239. The normalized spacial score (nSPS) is 25.2. The van der Waals surface area contributed by atoms with E-state index < -0.39 is 46.7 Å². The second-order valence-electron chi connectivity index (χ2n) is 10.4. The molecule has 2 aliphatic heterocycles. The number of benzene rings is 3. The maximum Gasteiger partial charge on any atom is 0.416 e. The molecule has 3 aromatic rings. The molecule has 2 aliphatic rings. The van der Waals surface area contributed by atoms with Crippen LogP contribution in [0.1, 0.15) is 40.3 Å². The average molecular weight is 600 g/mol. The molecule has 0 bridgehead atoms. The second kappa shape index (κ2) is 11.1. The lowest BCUT2D eigenvalue weighted by Gasteiger charge is -2.49. The van der Waals surface area contributed by atoms with Gasteiger partial charge in [0.2, 0.25) is 0 Å². The molecule has 12 heteroatoms. The Balaban J connectivity index is 1.62. The second-order valence-corrected chi connectivity index (χ2v) is 10.4. The summed E-state index contributed by atoms with van der Waals surface area (Å²) in [5.74, 6) is -0.370. The van der Waals surface area contributed by atoms with Crippen LogP contribution >= 0.6 is 0 Å². The lowest BCUT2D eigenvalue weighted by Crippen LogP contribution is -2.58. The highest BCUT2D eigenvalue weighted by atomic mass is 19.4. The summed E-state index contributed by atoms with van der Waals surface area (Å²) in [6, 6.07) is 13.0. The van der Waals surface area contributed by atoms with Crippen molar-refractivity contribution in [2.75, 3.05) is 34.0 Å². The molecule has 3 atom stereocenters. The Hall–Kier alpha value is -3.19. The minimum atomic E-state index is -4.66. The van der Waals surface area contributed by atoms with Crippen LogP contribution in [-0.2, 0) is 38.7 Å². The predicted molar refractivity (Wildman–Crippen MR) is 137 cm³/mol. The molecular weight excluding hydrogens is 571 g/mol. The van der Waals surface area contributed by atoms with Crippen molar-refractivity contribution in [2.24, 2.45) is 0 Å². The van der Waals surface area contributed by atoms with Gasteiger partial charge in [-0.1, -0.05) is 30.3 Å². The van der Waals surface area contributed by atoms with Gasteiger partial charge in [-0.3, -0.25) is 4.90 Å². The number of nitrogens with zero attached hydrogens (tertiary/aromatic N) is 1. The highest BCUT2D eigenvalue weighted by Crippen LogP contribution is 2.51. The molecule has 0 aromatic heterocycles. The Labute approximate surface area is 237 Å². The summed E-state index contributed by atoms with van der Waals surface area (Å²) in [6.07, 6.45) is -9.39. The molecule has 5 nitrogen and oxygen atoms in total. The quantitative estimate of drug-likeness (QED) is 0.283. The van der Waals surface area contributed by atoms with Gasteiger partial charge >= 0.3 is 12.4 Å². The van der Waals surface area contributed by atoms with Crippen molar-refractivity contribution in [3.05, 3.63) is 100 Å². The van der Waals surface area contributed by atoms with E-state index in [0.29, 0.717) is 5.56 Å². The van der Waals surface area contributed by atoms with Gasteiger partial charge in [-0.2, -0.15) is 26.3 Å². The first kappa shape index (κ1) is 30.3. The van der Waals surface area contributed by atoms with E-state index in [1.54, 1.807) is 4.90 Å². The lowest BCUT2D eigenvalue weighted by atomic mass is 9.82. The minimum absolute atomic E-state index is 0.00268. The largest absolute Gasteiger partial charge is 0.496 e. The summed E-state index contributed by atoms with van der Waals surface area (Å²) in [5.41, 5.74) is -4.10. The molecule has 1 spiro atoms. The van der Waals surface area contributed by atoms with E-state index in [4.69, 9.17) is 18.9 Å². The maximum atomic E-state index is 14.0. The van der Waals surface area contributed by atoms with Crippen molar-refractivity contribution < 1.29 is 49.7 Å². The fraction of sp³-hybridized carbons (Fsp3) is 0.400. The van der Waals surface area contributed by atoms with Gasteiger partial charge in [0.15, 0.2) is 0 Å². The summed E-state index contributed by atoms with van der Waals surface area (Å²) in [6.45, 7) is -0.519. The molecule has 5 rings (SSSR count). The monoisotopic (exact) mass is 599 g/mol. The van der Waals surface area contributed by atoms with Gasteiger partial charge in [0.1, 0.15) is 22.9 Å². The van der Waals surface area contributed by atoms with Crippen LogP contribution in [-0.4, -0.2) is 44.7 Å². The Morgan fingerprint density at radius 1 is 0.905 bits per heavy atom. The maximum absolute atomic E-state index is 14.0. The summed E-state index contributed by atoms with van der Waals surface area (Å²) < 4.78 is 121. The van der Waals surface area contributed by atoms with E-state index in [2.05, 4.69) is 0 Å². The van der Waals surface area contributed by atoms with Crippen LogP contribution in [0, 0.1) is 5.82 Å². The third kappa shape index (κ3) is 5.60. The van der Waals surface area contributed by atoms with Gasteiger partial charge in [-0.05, 0) is 47.5 Å². The molecule has 2 fully saturated rings. The van der Waals surface area contributed by atoms with Crippen LogP contribution in [0.3, 0.4) is 0 Å². The van der Waals surface area contributed by atoms with Crippen LogP contribution in [0.5, 0.6) is 5.75 Å². The molecule has 2 heterocycles. The standard InChI is InChI=1S/C30H28F7NO4/c1-39-26-12-9-21(29(32,33)34)13-24(26)27(40-2)16-28(18-41-17-27)38(14-20-5-3-4-6-23(20)30(35,36)37)25(15-42-28)19-7-10-22(31)11-8-19/h3-13,25H,14-18H2,1-2H3/t25-,27+,28?/m1/s1. The SMILES string of the molecule is COc1ccc(C(F)(F)F)cc1[C@@]1(OC)COCC2(C1)OC[C@H](c1ccc(F)cc1)N2Cc1ccccc1C(F)(F)F. The highest BCUT2D eigenvalue weighted by molar-refractivity contribution is 5.43. The van der Waals surface area contributed by atoms with E-state index in [1.165, 1.54) is 62.8 Å². The summed E-state index contributed by atoms with van der Waals surface area (Å²) in [7, 11) is 2.63. The van der Waals surface area contributed by atoms with Crippen molar-refractivity contribution >= 4 is 0 Å². The molecule has 2 saturated heterocycles. The van der Waals surface area contributed by atoms with Crippen LogP contribution in [0.15, 0.2) is 66.7 Å². The van der Waals surface area contributed by atoms with Crippen molar-refractivity contribution in [1.29, 1.82) is 0 Å². The van der Waals surface area contributed by atoms with Crippen LogP contribution in [0.4, 0.5) is 30.7 Å². The van der Waals surface area contributed by atoms with Crippen molar-refractivity contribution in [2.45, 2.75) is 42.7 Å². The first-order chi connectivity index (χ1) is 19.8. The molecule has 0 aliphatic carbocycles. The van der Waals surface area contributed by atoms with Gasteiger partial charge in [0, 0.05) is 25.6 Å². The van der Waals surface area contributed by atoms with Gasteiger partial charge in [0.05, 0.1) is 44.1 Å². The summed E-state index contributed by atoms with van der Waals surface area (Å²) in [5, 5.41) is 0.